The van der Waals surface area contributed by atoms with E-state index in [1.54, 1.807) is 0 Å². The second-order valence-electron chi connectivity index (χ2n) is 5.02. The fourth-order valence-electron chi connectivity index (χ4n) is 2.76. The maximum absolute atomic E-state index is 10.3. The molecule has 0 aromatic rings. The van der Waals surface area contributed by atoms with E-state index in [1.807, 2.05) is 0 Å². The molecule has 1 saturated heterocycles. The molecule has 0 spiro atoms. The van der Waals surface area contributed by atoms with Crippen LogP contribution in [0, 0.1) is 0 Å². The van der Waals surface area contributed by atoms with Crippen LogP contribution in [0.1, 0.15) is 32.6 Å². The Morgan fingerprint density at radius 1 is 1.43 bits per heavy atom. The van der Waals surface area contributed by atoms with E-state index in [9.17, 15) is 5.11 Å². The molecule has 0 amide bonds. The number of β-amino-alcohol motifs (C(OH)–C–C–N with tert-alkyl or cyclic N) is 1. The van der Waals surface area contributed by atoms with Crippen molar-refractivity contribution in [3.05, 3.63) is 0 Å². The Morgan fingerprint density at radius 2 is 2.14 bits per heavy atom. The Kier molecular flexibility index (Phi) is 3.10. The Balaban J connectivity index is 1.83. The maximum atomic E-state index is 10.3. The van der Waals surface area contributed by atoms with Crippen LogP contribution in [0.5, 0.6) is 0 Å². The van der Waals surface area contributed by atoms with E-state index in [2.05, 4.69) is 17.1 Å². The summed E-state index contributed by atoms with van der Waals surface area (Å²) >= 11 is 0. The highest BCUT2D eigenvalue weighted by Crippen LogP contribution is 2.30. The first-order valence-electron chi connectivity index (χ1n) is 5.86. The lowest BCUT2D eigenvalue weighted by Gasteiger charge is -2.36. The van der Waals surface area contributed by atoms with Gasteiger partial charge in [0.2, 0.25) is 0 Å². The highest BCUT2D eigenvalue weighted by molar-refractivity contribution is 4.89. The molecule has 1 aliphatic carbocycles. The molecule has 82 valence electrons. The van der Waals surface area contributed by atoms with Gasteiger partial charge in [-0.3, -0.25) is 4.90 Å². The third kappa shape index (κ3) is 2.47. The smallest absolute Gasteiger partial charge is 0.0774 e. The Hall–Kier alpha value is -0.120. The minimum absolute atomic E-state index is 0.364. The molecule has 0 aromatic heterocycles. The standard InChI is InChI=1S/C11H22N2O/c1-10-8-13(7-6-12-10)9-11(14)4-2-3-5-11/h10,12,14H,2-9H2,1H3/t10-/m1/s1. The second-order valence-corrected chi connectivity index (χ2v) is 5.02. The highest BCUT2D eigenvalue weighted by Gasteiger charge is 2.33. The molecule has 1 aliphatic heterocycles. The molecule has 1 saturated carbocycles. The summed E-state index contributed by atoms with van der Waals surface area (Å²) in [6.45, 7) is 6.34. The molecular weight excluding hydrogens is 176 g/mol. The van der Waals surface area contributed by atoms with Crippen molar-refractivity contribution in [2.45, 2.75) is 44.2 Å². The summed E-state index contributed by atoms with van der Waals surface area (Å²) in [7, 11) is 0. The van der Waals surface area contributed by atoms with Crippen molar-refractivity contribution in [2.24, 2.45) is 0 Å². The molecule has 0 aromatic carbocycles. The van der Waals surface area contributed by atoms with E-state index < -0.39 is 0 Å². The van der Waals surface area contributed by atoms with E-state index in [0.29, 0.717) is 6.04 Å². The van der Waals surface area contributed by atoms with Crippen LogP contribution in [0.4, 0.5) is 0 Å². The molecule has 2 aliphatic rings. The lowest BCUT2D eigenvalue weighted by molar-refractivity contribution is 0.00277. The zero-order valence-corrected chi connectivity index (χ0v) is 9.13. The summed E-state index contributed by atoms with van der Waals surface area (Å²) < 4.78 is 0. The molecule has 1 atom stereocenters. The van der Waals surface area contributed by atoms with E-state index in [1.165, 1.54) is 12.8 Å². The van der Waals surface area contributed by atoms with Crippen LogP contribution in [0.25, 0.3) is 0 Å². The van der Waals surface area contributed by atoms with E-state index in [-0.39, 0.29) is 5.60 Å². The Morgan fingerprint density at radius 3 is 2.79 bits per heavy atom. The lowest BCUT2D eigenvalue weighted by Crippen LogP contribution is -2.53. The topological polar surface area (TPSA) is 35.5 Å². The van der Waals surface area contributed by atoms with E-state index >= 15 is 0 Å². The largest absolute Gasteiger partial charge is 0.389 e. The van der Waals surface area contributed by atoms with Crippen LogP contribution in [-0.2, 0) is 0 Å². The van der Waals surface area contributed by atoms with Gasteiger partial charge in [-0.2, -0.15) is 0 Å². The highest BCUT2D eigenvalue weighted by atomic mass is 16.3. The van der Waals surface area contributed by atoms with Crippen molar-refractivity contribution in [3.8, 4) is 0 Å². The average Bonchev–Trinajstić information content (AvgIpc) is 2.51. The number of nitrogens with zero attached hydrogens (tertiary/aromatic N) is 1. The van der Waals surface area contributed by atoms with Gasteiger partial charge in [0.1, 0.15) is 0 Å². The summed E-state index contributed by atoms with van der Waals surface area (Å²) in [6.07, 6.45) is 4.42. The van der Waals surface area contributed by atoms with Crippen molar-refractivity contribution in [3.63, 3.8) is 0 Å². The number of nitrogens with one attached hydrogen (secondary N) is 1. The quantitative estimate of drug-likeness (QED) is 0.681. The molecule has 2 rings (SSSR count). The van der Waals surface area contributed by atoms with Gasteiger partial charge in [0.25, 0.3) is 0 Å². The fraction of sp³-hybridized carbons (Fsp3) is 1.00. The molecule has 3 nitrogen and oxygen atoms in total. The minimum atomic E-state index is -0.364. The Bertz CT molecular complexity index is 190. The van der Waals surface area contributed by atoms with Crippen LogP contribution in [0.2, 0.25) is 0 Å². The van der Waals surface area contributed by atoms with Crippen molar-refractivity contribution < 1.29 is 5.11 Å². The molecule has 3 heteroatoms. The molecule has 2 fully saturated rings. The second kappa shape index (κ2) is 4.17. The van der Waals surface area contributed by atoms with Gasteiger partial charge >= 0.3 is 0 Å². The summed E-state index contributed by atoms with van der Waals surface area (Å²) in [5.74, 6) is 0. The third-order valence-electron chi connectivity index (χ3n) is 3.51. The normalized spacial score (nSPS) is 33.4. The molecule has 0 unspecified atom stereocenters. The number of piperazine rings is 1. The molecule has 1 heterocycles. The first-order chi connectivity index (χ1) is 6.68. The van der Waals surface area contributed by atoms with Crippen LogP contribution in [-0.4, -0.2) is 47.8 Å². The third-order valence-corrected chi connectivity index (χ3v) is 3.51. The predicted molar refractivity (Wildman–Crippen MR) is 57.3 cm³/mol. The number of aliphatic hydroxyl groups is 1. The lowest BCUT2D eigenvalue weighted by atomic mass is 10.0. The first-order valence-corrected chi connectivity index (χ1v) is 5.86. The van der Waals surface area contributed by atoms with Crippen LogP contribution in [0.15, 0.2) is 0 Å². The molecule has 0 bridgehead atoms. The summed E-state index contributed by atoms with van der Waals surface area (Å²) in [5.41, 5.74) is -0.364. The first kappa shape index (κ1) is 10.4. The van der Waals surface area contributed by atoms with E-state index in [0.717, 1.165) is 39.0 Å². The van der Waals surface area contributed by atoms with Crippen molar-refractivity contribution in [2.75, 3.05) is 26.2 Å². The number of hydrogen-bond acceptors (Lipinski definition) is 3. The van der Waals surface area contributed by atoms with Gasteiger partial charge in [0.15, 0.2) is 0 Å². The molecule has 14 heavy (non-hydrogen) atoms. The van der Waals surface area contributed by atoms with E-state index in [4.69, 9.17) is 0 Å². The van der Waals surface area contributed by atoms with Crippen molar-refractivity contribution in [1.82, 2.24) is 10.2 Å². The van der Waals surface area contributed by atoms with Gasteiger partial charge in [-0.25, -0.2) is 0 Å². The fourth-order valence-corrected chi connectivity index (χ4v) is 2.76. The van der Waals surface area contributed by atoms with Crippen molar-refractivity contribution in [1.29, 1.82) is 0 Å². The number of rotatable bonds is 2. The SMILES string of the molecule is C[C@@H]1CN(CC2(O)CCCC2)CCN1. The van der Waals surface area contributed by atoms with Gasteiger partial charge in [0, 0.05) is 32.2 Å². The van der Waals surface area contributed by atoms with Gasteiger partial charge < -0.3 is 10.4 Å². The van der Waals surface area contributed by atoms with Gasteiger partial charge in [-0.15, -0.1) is 0 Å². The Labute approximate surface area is 86.5 Å². The van der Waals surface area contributed by atoms with Crippen LogP contribution >= 0.6 is 0 Å². The summed E-state index contributed by atoms with van der Waals surface area (Å²) in [6, 6.07) is 0.578. The average molecular weight is 198 g/mol. The molecular formula is C11H22N2O. The van der Waals surface area contributed by atoms with Gasteiger partial charge in [-0.1, -0.05) is 12.8 Å². The zero-order chi connectivity index (χ0) is 10.0. The van der Waals surface area contributed by atoms with Crippen LogP contribution < -0.4 is 5.32 Å². The molecule has 0 radical (unpaired) electrons. The summed E-state index contributed by atoms with van der Waals surface area (Å²) in [4.78, 5) is 2.41. The minimum Gasteiger partial charge on any atom is -0.389 e. The van der Waals surface area contributed by atoms with Crippen molar-refractivity contribution >= 4 is 0 Å². The van der Waals surface area contributed by atoms with Gasteiger partial charge in [-0.05, 0) is 19.8 Å². The van der Waals surface area contributed by atoms with Gasteiger partial charge in [0.05, 0.1) is 5.60 Å². The summed E-state index contributed by atoms with van der Waals surface area (Å²) in [5, 5.41) is 13.7. The maximum Gasteiger partial charge on any atom is 0.0774 e. The predicted octanol–water partition coefficient (Wildman–Crippen LogP) is 0.585. The zero-order valence-electron chi connectivity index (χ0n) is 9.13. The van der Waals surface area contributed by atoms with Crippen LogP contribution in [0.3, 0.4) is 0 Å². The monoisotopic (exact) mass is 198 g/mol. The molecule has 2 N–H and O–H groups in total. The number of hydrogen-bond donors (Lipinski definition) is 2.